The third-order valence-corrected chi connectivity index (χ3v) is 13.4. The van der Waals surface area contributed by atoms with Crippen molar-refractivity contribution in [2.24, 2.45) is 56.7 Å². The highest BCUT2D eigenvalue weighted by Crippen LogP contribution is 2.75. The van der Waals surface area contributed by atoms with Crippen molar-refractivity contribution in [2.45, 2.75) is 112 Å². The zero-order valence-electron chi connectivity index (χ0n) is 24.0. The quantitative estimate of drug-likeness (QED) is 0.345. The second-order valence-corrected chi connectivity index (χ2v) is 14.6. The Bertz CT molecular complexity index is 911. The summed E-state index contributed by atoms with van der Waals surface area (Å²) in [6, 6.07) is 0. The van der Waals surface area contributed by atoms with Crippen LogP contribution in [0.5, 0.6) is 0 Å². The molecule has 4 saturated carbocycles. The summed E-state index contributed by atoms with van der Waals surface area (Å²) in [5, 5.41) is 39.4. The van der Waals surface area contributed by atoms with Crippen LogP contribution in [0.1, 0.15) is 99.8 Å². The minimum Gasteiger partial charge on any atom is -0.481 e. The normalized spacial score (nSPS) is 53.3. The van der Waals surface area contributed by atoms with E-state index in [9.17, 15) is 20.1 Å². The van der Waals surface area contributed by atoms with Crippen molar-refractivity contribution in [1.29, 1.82) is 0 Å². The Kier molecular flexibility index (Phi) is 6.88. The molecule has 0 amide bonds. The molecule has 5 nitrogen and oxygen atoms in total. The van der Waals surface area contributed by atoms with Crippen molar-refractivity contribution < 1.29 is 25.2 Å². The molecular formula is C31H52O5. The molecule has 5 aliphatic rings. The van der Waals surface area contributed by atoms with E-state index in [1.165, 1.54) is 5.57 Å². The van der Waals surface area contributed by atoms with E-state index in [2.05, 4.69) is 54.5 Å². The number of hydrogen-bond acceptors (Lipinski definition) is 4. The number of aliphatic carboxylic acids is 1. The van der Waals surface area contributed by atoms with Crippen molar-refractivity contribution in [3.05, 3.63) is 11.6 Å². The van der Waals surface area contributed by atoms with E-state index >= 15 is 0 Å². The highest BCUT2D eigenvalue weighted by molar-refractivity contribution is 5.76. The number of hydrogen-bond donors (Lipinski definition) is 4. The number of carboxylic acid groups (broad SMARTS) is 1. The topological polar surface area (TPSA) is 98.0 Å². The van der Waals surface area contributed by atoms with Gasteiger partial charge in [-0.25, -0.2) is 0 Å². The lowest BCUT2D eigenvalue weighted by Crippen LogP contribution is -2.67. The lowest BCUT2D eigenvalue weighted by atomic mass is 9.33. The van der Waals surface area contributed by atoms with Crippen LogP contribution < -0.4 is 0 Å². The molecule has 0 aromatic carbocycles. The van der Waals surface area contributed by atoms with Crippen molar-refractivity contribution in [3.8, 4) is 0 Å². The fourth-order valence-corrected chi connectivity index (χ4v) is 11.0. The minimum absolute atomic E-state index is 0.00993. The summed E-state index contributed by atoms with van der Waals surface area (Å²) in [6.07, 6.45) is 8.53. The van der Waals surface area contributed by atoms with E-state index in [1.54, 1.807) is 0 Å². The van der Waals surface area contributed by atoms with Gasteiger partial charge in [0.15, 0.2) is 0 Å². The largest absolute Gasteiger partial charge is 0.481 e. The highest BCUT2D eigenvalue weighted by atomic mass is 16.4. The predicted octanol–water partition coefficient (Wildman–Crippen LogP) is 5.67. The van der Waals surface area contributed by atoms with Gasteiger partial charge in [0.05, 0.1) is 17.6 Å². The maximum absolute atomic E-state index is 12.8. The number of carbonyl (C=O) groups is 1. The first-order valence-corrected chi connectivity index (χ1v) is 14.4. The van der Waals surface area contributed by atoms with E-state index in [4.69, 9.17) is 5.11 Å². The standard InChI is InChI=1S/C30H48O4.CH4O/c1-17-10-13-30(25(33)34)15-14-28(6)19(23(30)18(17)2)8-9-22-27(5)16-20(31)24(32)26(3,4)21(27)11-12-29(22,28)7;1-2/h8,17-18,20-24,31-32H,9-16H2,1-7H3,(H,33,34);2H,1H3/t17-,18+,20-,21+,22-,23+,24+,27+,28-,29-,30+;/m1./s1. The summed E-state index contributed by atoms with van der Waals surface area (Å²) in [5.41, 5.74) is 0.574. The molecular weight excluding hydrogens is 452 g/mol. The van der Waals surface area contributed by atoms with Gasteiger partial charge in [0.25, 0.3) is 0 Å². The Morgan fingerprint density at radius 1 is 0.917 bits per heavy atom. The van der Waals surface area contributed by atoms with Crippen LogP contribution in [-0.2, 0) is 4.79 Å². The Labute approximate surface area is 218 Å². The van der Waals surface area contributed by atoms with Crippen LogP contribution in [0.15, 0.2) is 11.6 Å². The van der Waals surface area contributed by atoms with Gasteiger partial charge in [-0.05, 0) is 103 Å². The summed E-state index contributed by atoms with van der Waals surface area (Å²) in [5.74, 6) is 1.30. The molecule has 36 heavy (non-hydrogen) atoms. The van der Waals surface area contributed by atoms with Crippen molar-refractivity contribution in [1.82, 2.24) is 0 Å². The number of rotatable bonds is 1. The number of carboxylic acids is 1. The third kappa shape index (κ3) is 3.33. The summed E-state index contributed by atoms with van der Waals surface area (Å²) >= 11 is 0. The molecule has 0 bridgehead atoms. The van der Waals surface area contributed by atoms with E-state index in [0.717, 1.165) is 52.1 Å². The molecule has 0 aromatic rings. The van der Waals surface area contributed by atoms with Crippen molar-refractivity contribution in [2.75, 3.05) is 7.11 Å². The van der Waals surface area contributed by atoms with Crippen LogP contribution in [0.3, 0.4) is 0 Å². The second-order valence-electron chi connectivity index (χ2n) is 14.6. The van der Waals surface area contributed by atoms with Crippen LogP contribution in [0, 0.1) is 56.7 Å². The van der Waals surface area contributed by atoms with Gasteiger partial charge in [-0.15, -0.1) is 0 Å². The molecule has 0 heterocycles. The van der Waals surface area contributed by atoms with Gasteiger partial charge in [-0.1, -0.05) is 60.1 Å². The molecule has 0 spiro atoms. The lowest BCUT2D eigenvalue weighted by Gasteiger charge is -2.71. The summed E-state index contributed by atoms with van der Waals surface area (Å²) in [6.45, 7) is 16.3. The maximum Gasteiger partial charge on any atom is 0.310 e. The van der Waals surface area contributed by atoms with Crippen LogP contribution in [-0.4, -0.2) is 45.7 Å². The number of fused-ring (bicyclic) bond motifs is 7. The Morgan fingerprint density at radius 2 is 1.56 bits per heavy atom. The first-order valence-electron chi connectivity index (χ1n) is 14.4. The van der Waals surface area contributed by atoms with Gasteiger partial charge < -0.3 is 20.4 Å². The molecule has 0 radical (unpaired) electrons. The molecule has 5 heteroatoms. The molecule has 0 aliphatic heterocycles. The molecule has 11 atom stereocenters. The molecule has 4 fully saturated rings. The van der Waals surface area contributed by atoms with Crippen LogP contribution in [0.25, 0.3) is 0 Å². The van der Waals surface area contributed by atoms with Crippen LogP contribution >= 0.6 is 0 Å². The van der Waals surface area contributed by atoms with Gasteiger partial charge >= 0.3 is 5.97 Å². The van der Waals surface area contributed by atoms with E-state index in [0.29, 0.717) is 30.1 Å². The Morgan fingerprint density at radius 3 is 2.17 bits per heavy atom. The monoisotopic (exact) mass is 504 g/mol. The average molecular weight is 505 g/mol. The summed E-state index contributed by atoms with van der Waals surface area (Å²) in [4.78, 5) is 12.8. The zero-order chi connectivity index (χ0) is 27.1. The molecule has 5 aliphatic carbocycles. The van der Waals surface area contributed by atoms with Crippen molar-refractivity contribution >= 4 is 5.97 Å². The molecule has 0 unspecified atom stereocenters. The first-order chi connectivity index (χ1) is 16.7. The molecule has 5 rings (SSSR count). The fourth-order valence-electron chi connectivity index (χ4n) is 11.0. The summed E-state index contributed by atoms with van der Waals surface area (Å²) < 4.78 is 0. The second kappa shape index (κ2) is 8.81. The average Bonchev–Trinajstić information content (AvgIpc) is 2.81. The van der Waals surface area contributed by atoms with E-state index in [1.807, 2.05) is 0 Å². The fraction of sp³-hybridized carbons (Fsp3) is 0.903. The van der Waals surface area contributed by atoms with Crippen LogP contribution in [0.4, 0.5) is 0 Å². The number of allylic oxidation sites excluding steroid dienone is 2. The van der Waals surface area contributed by atoms with Gasteiger partial charge in [-0.3, -0.25) is 4.79 Å². The maximum atomic E-state index is 12.8. The van der Waals surface area contributed by atoms with Crippen LogP contribution in [0.2, 0.25) is 0 Å². The van der Waals surface area contributed by atoms with Gasteiger partial charge in [0.1, 0.15) is 0 Å². The third-order valence-electron chi connectivity index (χ3n) is 13.4. The molecule has 4 N–H and O–H groups in total. The van der Waals surface area contributed by atoms with Gasteiger partial charge in [0.2, 0.25) is 0 Å². The molecule has 0 saturated heterocycles. The number of aliphatic hydroxyl groups is 3. The van der Waals surface area contributed by atoms with Gasteiger partial charge in [-0.2, -0.15) is 0 Å². The number of aliphatic hydroxyl groups excluding tert-OH is 3. The first kappa shape index (κ1) is 28.1. The predicted molar refractivity (Wildman–Crippen MR) is 142 cm³/mol. The zero-order valence-corrected chi connectivity index (χ0v) is 24.0. The van der Waals surface area contributed by atoms with E-state index < -0.39 is 23.6 Å². The van der Waals surface area contributed by atoms with Gasteiger partial charge in [0, 0.05) is 7.11 Å². The SMILES string of the molecule is CO.C[C@H]1[C@H](C)CC[C@]2(C(=O)O)CC[C@]3(C)C(=CC[C@@H]4[C@@]5(C)C[C@@H](O)[C@H](O)C(C)(C)[C@@H]5CC[C@]43C)[C@H]12. The minimum atomic E-state index is -0.679. The highest BCUT2D eigenvalue weighted by Gasteiger charge is 2.70. The Hall–Kier alpha value is -0.910. The molecule has 0 aromatic heterocycles. The Balaban J connectivity index is 0.00000148. The van der Waals surface area contributed by atoms with Crippen molar-refractivity contribution in [3.63, 3.8) is 0 Å². The van der Waals surface area contributed by atoms with E-state index in [-0.39, 0.29) is 27.6 Å². The molecule has 206 valence electrons. The lowest BCUT2D eigenvalue weighted by molar-refractivity contribution is -0.232. The smallest absolute Gasteiger partial charge is 0.310 e. The summed E-state index contributed by atoms with van der Waals surface area (Å²) in [7, 11) is 1.00.